The maximum absolute atomic E-state index is 13.5. The minimum absolute atomic E-state index is 0.106. The summed E-state index contributed by atoms with van der Waals surface area (Å²) in [5, 5.41) is 4.43. The van der Waals surface area contributed by atoms with E-state index in [1.807, 2.05) is 48.5 Å². The fraction of sp³-hybridized carbons (Fsp3) is 0.326. The number of ether oxygens (including phenoxy) is 6. The molecule has 0 fully saturated rings. The Hall–Kier alpha value is -5.84. The minimum atomic E-state index is -3.81. The van der Waals surface area contributed by atoms with E-state index in [4.69, 9.17) is 28.4 Å². The highest BCUT2D eigenvalue weighted by Crippen LogP contribution is 2.35. The summed E-state index contributed by atoms with van der Waals surface area (Å²) in [6.07, 6.45) is 2.76. The summed E-state index contributed by atoms with van der Waals surface area (Å²) in [7, 11) is 0.729. The zero-order valence-electron chi connectivity index (χ0n) is 34.8. The highest BCUT2D eigenvalue weighted by atomic mass is 32.2. The lowest BCUT2D eigenvalue weighted by atomic mass is 9.98. The van der Waals surface area contributed by atoms with Gasteiger partial charge in [-0.1, -0.05) is 36.4 Å². The van der Waals surface area contributed by atoms with E-state index in [2.05, 4.69) is 27.3 Å². The van der Waals surface area contributed by atoms with E-state index in [-0.39, 0.29) is 16.9 Å². The zero-order chi connectivity index (χ0) is 42.9. The van der Waals surface area contributed by atoms with Crippen LogP contribution in [0.3, 0.4) is 0 Å². The molecule has 320 valence electrons. The summed E-state index contributed by atoms with van der Waals surface area (Å²) in [5.74, 6) is 0.174. The van der Waals surface area contributed by atoms with Gasteiger partial charge in [-0.25, -0.2) is 22.2 Å². The molecule has 0 atom stereocenters. The molecule has 4 aromatic carbocycles. The number of hydrogen-bond acceptors (Lipinski definition) is 12. The van der Waals surface area contributed by atoms with Crippen molar-refractivity contribution in [3.63, 3.8) is 0 Å². The first kappa shape index (κ1) is 43.3. The predicted molar refractivity (Wildman–Crippen MR) is 233 cm³/mol. The van der Waals surface area contributed by atoms with Gasteiger partial charge in [0.15, 0.2) is 11.5 Å². The molecule has 0 bridgehead atoms. The number of para-hydroxylation sites is 1. The van der Waals surface area contributed by atoms with Gasteiger partial charge in [0.25, 0.3) is 5.91 Å². The first-order valence-corrected chi connectivity index (χ1v) is 21.8. The van der Waals surface area contributed by atoms with Crippen molar-refractivity contribution in [3.8, 4) is 22.8 Å². The Morgan fingerprint density at radius 2 is 1.56 bits per heavy atom. The molecule has 0 spiro atoms. The van der Waals surface area contributed by atoms with E-state index in [0.717, 1.165) is 55.1 Å². The number of anilines is 1. The molecular weight excluding hydrogens is 801 g/mol. The average Bonchev–Trinajstić information content (AvgIpc) is 3.67. The smallest absolute Gasteiger partial charge is 0.339 e. The average molecular weight is 851 g/mol. The molecule has 14 nitrogen and oxygen atoms in total. The Labute approximate surface area is 355 Å². The quantitative estimate of drug-likeness (QED) is 0.0711. The van der Waals surface area contributed by atoms with Gasteiger partial charge in [-0.15, -0.1) is 0 Å². The number of amides is 1. The third kappa shape index (κ3) is 10.4. The molecule has 0 unspecified atom stereocenters. The molecule has 1 N–H and O–H groups in total. The summed E-state index contributed by atoms with van der Waals surface area (Å²) in [6, 6.07) is 27.3. The number of esters is 1. The molecule has 1 amide bonds. The van der Waals surface area contributed by atoms with Gasteiger partial charge in [-0.2, -0.15) is 0 Å². The van der Waals surface area contributed by atoms with Gasteiger partial charge in [0.05, 0.1) is 81.5 Å². The molecule has 61 heavy (non-hydrogen) atoms. The van der Waals surface area contributed by atoms with E-state index in [1.54, 1.807) is 38.5 Å². The first-order chi connectivity index (χ1) is 29.6. The van der Waals surface area contributed by atoms with E-state index < -0.39 is 21.9 Å². The summed E-state index contributed by atoms with van der Waals surface area (Å²) < 4.78 is 60.8. The largest absolute Gasteiger partial charge is 0.493 e. The Morgan fingerprint density at radius 1 is 0.787 bits per heavy atom. The van der Waals surface area contributed by atoms with E-state index in [1.165, 1.54) is 28.3 Å². The van der Waals surface area contributed by atoms with Crippen molar-refractivity contribution in [2.24, 2.45) is 0 Å². The fourth-order valence-corrected chi connectivity index (χ4v) is 8.51. The number of benzene rings is 4. The standard InChI is InChI=1S/C46H50N4O10S/c1-55-19-20-58-21-22-59-23-24-60-44-29-36-30-49(18-16-33(36)28-43(44)56-2)17-15-31-9-14-41-35(25-31)27-42(50(41)61(4,53)54)34-10-12-37(46(52)57-3)40(26-34)48-45(51)39-13-11-32-7-5-6-8-38(32)47-39/h5-14,25-29H,15-24,30H2,1-4H3,(H,48,51). The number of carbonyl (C=O) groups is 2. The Morgan fingerprint density at radius 3 is 2.33 bits per heavy atom. The second kappa shape index (κ2) is 19.7. The van der Waals surface area contributed by atoms with Crippen LogP contribution < -0.4 is 14.8 Å². The molecular formula is C46H50N4O10S. The van der Waals surface area contributed by atoms with Gasteiger partial charge in [0.2, 0.25) is 10.0 Å². The number of hydrogen-bond donors (Lipinski definition) is 1. The topological polar surface area (TPSA) is 157 Å². The Kier molecular flexibility index (Phi) is 14.0. The third-order valence-electron chi connectivity index (χ3n) is 10.5. The molecule has 0 saturated carbocycles. The van der Waals surface area contributed by atoms with Gasteiger partial charge < -0.3 is 33.7 Å². The van der Waals surface area contributed by atoms with Crippen molar-refractivity contribution in [3.05, 3.63) is 119 Å². The monoisotopic (exact) mass is 850 g/mol. The molecule has 0 saturated heterocycles. The maximum atomic E-state index is 13.5. The molecule has 15 heteroatoms. The second-order valence-electron chi connectivity index (χ2n) is 14.7. The molecule has 2 aromatic heterocycles. The zero-order valence-corrected chi connectivity index (χ0v) is 35.6. The maximum Gasteiger partial charge on any atom is 0.339 e. The number of pyridine rings is 1. The molecule has 3 heterocycles. The molecule has 0 radical (unpaired) electrons. The minimum Gasteiger partial charge on any atom is -0.493 e. The van der Waals surface area contributed by atoms with Crippen LogP contribution in [0.1, 0.15) is 37.5 Å². The molecule has 6 aromatic rings. The summed E-state index contributed by atoms with van der Waals surface area (Å²) >= 11 is 0. The SMILES string of the molecule is COCCOCCOCCOc1cc2c(cc1OC)CCN(CCc1ccc3c(c1)cc(-c1ccc(C(=O)OC)c(NC(=O)c4ccc5ccccc5n4)c1)n3S(C)(=O)=O)C2. The van der Waals surface area contributed by atoms with Crippen LogP contribution in [-0.4, -0.2) is 114 Å². The van der Waals surface area contributed by atoms with Crippen LogP contribution in [0.2, 0.25) is 0 Å². The summed E-state index contributed by atoms with van der Waals surface area (Å²) in [4.78, 5) is 33.2. The third-order valence-corrected chi connectivity index (χ3v) is 11.6. The number of fused-ring (bicyclic) bond motifs is 3. The summed E-state index contributed by atoms with van der Waals surface area (Å²) in [5.41, 5.74) is 5.88. The van der Waals surface area contributed by atoms with Crippen molar-refractivity contribution in [2.45, 2.75) is 19.4 Å². The van der Waals surface area contributed by atoms with Gasteiger partial charge in [-0.05, 0) is 84.1 Å². The van der Waals surface area contributed by atoms with Crippen LogP contribution in [0.15, 0.2) is 91.0 Å². The lowest BCUT2D eigenvalue weighted by molar-refractivity contribution is 0.0178. The normalized spacial score (nSPS) is 13.0. The van der Waals surface area contributed by atoms with Crippen LogP contribution in [0.25, 0.3) is 33.1 Å². The predicted octanol–water partition coefficient (Wildman–Crippen LogP) is 6.37. The van der Waals surface area contributed by atoms with Crippen LogP contribution in [0.4, 0.5) is 5.69 Å². The molecule has 1 aliphatic rings. The van der Waals surface area contributed by atoms with Crippen LogP contribution in [-0.2, 0) is 48.4 Å². The van der Waals surface area contributed by atoms with E-state index in [9.17, 15) is 18.0 Å². The van der Waals surface area contributed by atoms with Gasteiger partial charge in [0, 0.05) is 43.1 Å². The molecule has 7 rings (SSSR count). The second-order valence-corrected chi connectivity index (χ2v) is 16.5. The van der Waals surface area contributed by atoms with Gasteiger partial charge in [-0.3, -0.25) is 9.69 Å². The Bertz CT molecular complexity index is 2650. The van der Waals surface area contributed by atoms with E-state index in [0.29, 0.717) is 73.4 Å². The van der Waals surface area contributed by atoms with Crippen LogP contribution >= 0.6 is 0 Å². The van der Waals surface area contributed by atoms with Crippen LogP contribution in [0, 0.1) is 0 Å². The highest BCUT2D eigenvalue weighted by molar-refractivity contribution is 7.89. The number of nitrogens with one attached hydrogen (secondary N) is 1. The summed E-state index contributed by atoms with van der Waals surface area (Å²) in [6.45, 7) is 5.27. The van der Waals surface area contributed by atoms with Crippen molar-refractivity contribution in [2.75, 3.05) is 85.6 Å². The number of nitrogens with zero attached hydrogens (tertiary/aromatic N) is 3. The highest BCUT2D eigenvalue weighted by Gasteiger charge is 2.23. The number of carbonyl (C=O) groups excluding carboxylic acids is 2. The van der Waals surface area contributed by atoms with Gasteiger partial charge >= 0.3 is 5.97 Å². The van der Waals surface area contributed by atoms with Crippen molar-refractivity contribution >= 4 is 49.4 Å². The lowest BCUT2D eigenvalue weighted by Gasteiger charge is -2.29. The number of aromatic nitrogens is 2. The number of methoxy groups -OCH3 is 3. The molecule has 0 aliphatic carbocycles. The van der Waals surface area contributed by atoms with Gasteiger partial charge in [0.1, 0.15) is 12.3 Å². The lowest BCUT2D eigenvalue weighted by Crippen LogP contribution is -2.32. The van der Waals surface area contributed by atoms with Crippen molar-refractivity contribution in [1.29, 1.82) is 0 Å². The molecule has 1 aliphatic heterocycles. The Balaban J connectivity index is 1.06. The number of rotatable bonds is 19. The van der Waals surface area contributed by atoms with E-state index >= 15 is 0 Å². The van der Waals surface area contributed by atoms with Crippen LogP contribution in [0.5, 0.6) is 11.5 Å². The first-order valence-electron chi connectivity index (χ1n) is 20.0. The van der Waals surface area contributed by atoms with Crippen molar-refractivity contribution in [1.82, 2.24) is 13.9 Å². The fourth-order valence-electron chi connectivity index (χ4n) is 7.48. The van der Waals surface area contributed by atoms with Crippen molar-refractivity contribution < 1.29 is 46.4 Å².